The summed E-state index contributed by atoms with van der Waals surface area (Å²) in [4.78, 5) is 0. The summed E-state index contributed by atoms with van der Waals surface area (Å²) < 4.78 is 13.2. The Morgan fingerprint density at radius 2 is 1.35 bits per heavy atom. The Morgan fingerprint density at radius 3 is 1.69 bits per heavy atom. The molecular weight excluding hydrogens is 352 g/mol. The number of unbranched alkanes of at least 4 members (excludes halogenated alkanes) is 1. The predicted molar refractivity (Wildman–Crippen MR) is 123 cm³/mol. The lowest BCUT2D eigenvalue weighted by atomic mass is 10.1. The Kier molecular flexibility index (Phi) is 10.6. The van der Waals surface area contributed by atoms with E-state index in [1.807, 2.05) is 6.08 Å². The topological polar surface area (TPSA) is 18.5 Å². The highest BCUT2D eigenvalue weighted by Gasteiger charge is 2.46. The molecule has 4 heteroatoms. The Labute approximate surface area is 167 Å². The van der Waals surface area contributed by atoms with E-state index in [0.717, 1.165) is 25.9 Å². The van der Waals surface area contributed by atoms with Crippen LogP contribution in [0.25, 0.3) is 0 Å². The Bertz CT molecular complexity index is 387. The molecule has 0 aromatic rings. The zero-order chi connectivity index (χ0) is 20.8. The Morgan fingerprint density at radius 1 is 0.885 bits per heavy atom. The molecule has 0 heterocycles. The first-order valence-electron chi connectivity index (χ1n) is 10.7. The summed E-state index contributed by atoms with van der Waals surface area (Å²) in [6.45, 7) is 30.6. The highest BCUT2D eigenvalue weighted by atomic mass is 28.4. The van der Waals surface area contributed by atoms with E-state index in [9.17, 15) is 0 Å². The van der Waals surface area contributed by atoms with Gasteiger partial charge in [0.15, 0.2) is 8.32 Å². The molecule has 0 saturated carbocycles. The lowest BCUT2D eigenvalue weighted by molar-refractivity contribution is 0.197. The highest BCUT2D eigenvalue weighted by molar-refractivity contribution is 6.77. The van der Waals surface area contributed by atoms with E-state index in [4.69, 9.17) is 8.85 Å². The van der Waals surface area contributed by atoms with Crippen molar-refractivity contribution in [1.29, 1.82) is 0 Å². The van der Waals surface area contributed by atoms with Gasteiger partial charge in [0.2, 0.25) is 8.32 Å². The minimum atomic E-state index is -1.83. The summed E-state index contributed by atoms with van der Waals surface area (Å²) in [5, 5.41) is 0.288. The van der Waals surface area contributed by atoms with Crippen molar-refractivity contribution < 1.29 is 8.85 Å². The van der Waals surface area contributed by atoms with Crippen molar-refractivity contribution in [3.05, 3.63) is 12.7 Å². The van der Waals surface area contributed by atoms with Gasteiger partial charge in [-0.05, 0) is 54.0 Å². The van der Waals surface area contributed by atoms with Gasteiger partial charge in [-0.15, -0.1) is 6.58 Å². The van der Waals surface area contributed by atoms with Crippen LogP contribution in [0.4, 0.5) is 0 Å². The molecule has 1 atom stereocenters. The number of hydrogen-bond acceptors (Lipinski definition) is 2. The monoisotopic (exact) mass is 400 g/mol. The second-order valence-corrected chi connectivity index (χ2v) is 20.5. The van der Waals surface area contributed by atoms with Gasteiger partial charge in [0.1, 0.15) is 0 Å². The molecule has 0 aromatic carbocycles. The van der Waals surface area contributed by atoms with Gasteiger partial charge in [-0.2, -0.15) is 0 Å². The first kappa shape index (κ1) is 26.1. The van der Waals surface area contributed by atoms with Gasteiger partial charge in [-0.1, -0.05) is 68.4 Å². The van der Waals surface area contributed by atoms with E-state index in [1.54, 1.807) is 0 Å². The van der Waals surface area contributed by atoms with Gasteiger partial charge < -0.3 is 8.85 Å². The molecule has 0 unspecified atom stereocenters. The molecular formula is C22H48O2Si2. The van der Waals surface area contributed by atoms with Crippen molar-refractivity contribution in [3.63, 3.8) is 0 Å². The van der Waals surface area contributed by atoms with Crippen LogP contribution in [0.3, 0.4) is 0 Å². The van der Waals surface area contributed by atoms with Crippen LogP contribution in [0, 0.1) is 0 Å². The highest BCUT2D eigenvalue weighted by Crippen LogP contribution is 2.43. The van der Waals surface area contributed by atoms with Crippen LogP contribution in [-0.4, -0.2) is 29.3 Å². The fraction of sp³-hybridized carbons (Fsp3) is 0.909. The van der Waals surface area contributed by atoms with Crippen molar-refractivity contribution in [2.75, 3.05) is 6.61 Å². The number of rotatable bonds is 12. The van der Waals surface area contributed by atoms with Crippen molar-refractivity contribution in [2.45, 2.75) is 122 Å². The second kappa shape index (κ2) is 10.6. The van der Waals surface area contributed by atoms with Gasteiger partial charge in [-0.25, -0.2) is 0 Å². The largest absolute Gasteiger partial charge is 0.417 e. The maximum Gasteiger partial charge on any atom is 0.201 e. The number of hydrogen-bond donors (Lipinski definition) is 0. The zero-order valence-electron chi connectivity index (χ0n) is 19.7. The molecule has 0 aliphatic carbocycles. The SMILES string of the molecule is C=C[C@H](CCCCO[Si](C)(C)C(C)(C)C)O[Si](C(C)C)(C(C)C)C(C)C. The van der Waals surface area contributed by atoms with Gasteiger partial charge in [-0.3, -0.25) is 0 Å². The van der Waals surface area contributed by atoms with E-state index in [0.29, 0.717) is 16.6 Å². The van der Waals surface area contributed by atoms with E-state index >= 15 is 0 Å². The van der Waals surface area contributed by atoms with Crippen molar-refractivity contribution in [2.24, 2.45) is 0 Å². The Hall–Kier alpha value is 0.0938. The van der Waals surface area contributed by atoms with Crippen LogP contribution in [0.5, 0.6) is 0 Å². The summed E-state index contributed by atoms with van der Waals surface area (Å²) in [5.74, 6) is 0. The molecule has 26 heavy (non-hydrogen) atoms. The molecule has 156 valence electrons. The smallest absolute Gasteiger partial charge is 0.201 e. The van der Waals surface area contributed by atoms with Crippen LogP contribution in [0.1, 0.15) is 81.6 Å². The van der Waals surface area contributed by atoms with E-state index in [1.165, 1.54) is 0 Å². The molecule has 0 saturated heterocycles. The minimum absolute atomic E-state index is 0.182. The summed E-state index contributed by atoms with van der Waals surface area (Å²) in [7, 11) is -3.45. The molecule has 0 rings (SSSR count). The average molecular weight is 401 g/mol. The third-order valence-electron chi connectivity index (χ3n) is 6.48. The van der Waals surface area contributed by atoms with Crippen LogP contribution < -0.4 is 0 Å². The predicted octanol–water partition coefficient (Wildman–Crippen LogP) is 7.93. The van der Waals surface area contributed by atoms with Crippen molar-refractivity contribution in [1.82, 2.24) is 0 Å². The van der Waals surface area contributed by atoms with Gasteiger partial charge >= 0.3 is 0 Å². The first-order valence-corrected chi connectivity index (χ1v) is 15.7. The molecule has 0 fully saturated rings. The van der Waals surface area contributed by atoms with Crippen molar-refractivity contribution >= 4 is 16.6 Å². The van der Waals surface area contributed by atoms with Gasteiger partial charge in [0, 0.05) is 6.61 Å². The summed E-state index contributed by atoms with van der Waals surface area (Å²) in [6.07, 6.45) is 5.53. The fourth-order valence-electron chi connectivity index (χ4n) is 3.89. The summed E-state index contributed by atoms with van der Waals surface area (Å²) >= 11 is 0. The first-order chi connectivity index (χ1) is 11.7. The molecule has 0 bridgehead atoms. The molecule has 0 aliphatic rings. The van der Waals surface area contributed by atoms with Crippen LogP contribution in [0.2, 0.25) is 34.8 Å². The van der Waals surface area contributed by atoms with Crippen LogP contribution >= 0.6 is 0 Å². The quantitative estimate of drug-likeness (QED) is 0.188. The van der Waals surface area contributed by atoms with Crippen LogP contribution in [0.15, 0.2) is 12.7 Å². The normalized spacial score (nSPS) is 15.2. The van der Waals surface area contributed by atoms with E-state index in [-0.39, 0.29) is 11.1 Å². The average Bonchev–Trinajstić information content (AvgIpc) is 2.47. The molecule has 0 radical (unpaired) electrons. The molecule has 0 aromatic heterocycles. The Balaban J connectivity index is 4.67. The third-order valence-corrected chi connectivity index (χ3v) is 17.1. The van der Waals surface area contributed by atoms with Crippen molar-refractivity contribution in [3.8, 4) is 0 Å². The fourth-order valence-corrected chi connectivity index (χ4v) is 10.5. The maximum absolute atomic E-state index is 6.86. The molecule has 0 N–H and O–H groups in total. The van der Waals surface area contributed by atoms with Crippen LogP contribution in [-0.2, 0) is 8.85 Å². The van der Waals surface area contributed by atoms with Gasteiger partial charge in [0.25, 0.3) is 0 Å². The second-order valence-electron chi connectivity index (χ2n) is 10.3. The molecule has 0 spiro atoms. The minimum Gasteiger partial charge on any atom is -0.417 e. The standard InChI is InChI=1S/C22H48O2Si2/c1-13-21(24-26(18(2)3,19(4)5)20(6)7)16-14-15-17-23-25(11,12)22(8,9)10/h13,18-21H,1,14-17H2,2-12H3/t21-/m1/s1. The lowest BCUT2D eigenvalue weighted by Crippen LogP contribution is -2.49. The van der Waals surface area contributed by atoms with E-state index in [2.05, 4.69) is 82.0 Å². The lowest BCUT2D eigenvalue weighted by Gasteiger charge is -2.44. The van der Waals surface area contributed by atoms with Gasteiger partial charge in [0.05, 0.1) is 6.10 Å². The zero-order valence-corrected chi connectivity index (χ0v) is 21.7. The maximum atomic E-state index is 6.86. The molecule has 2 nitrogen and oxygen atoms in total. The van der Waals surface area contributed by atoms with E-state index < -0.39 is 16.6 Å². The molecule has 0 aliphatic heterocycles. The molecule has 0 amide bonds. The summed E-state index contributed by atoms with van der Waals surface area (Å²) in [5.41, 5.74) is 1.85. The third kappa shape index (κ3) is 6.92. The summed E-state index contributed by atoms with van der Waals surface area (Å²) in [6, 6.07) is 0.